The van der Waals surface area contributed by atoms with Gasteiger partial charge in [-0.2, -0.15) is 0 Å². The van der Waals surface area contributed by atoms with E-state index < -0.39 is 4.92 Å². The molecule has 23 heavy (non-hydrogen) atoms. The molecule has 0 bridgehead atoms. The first kappa shape index (κ1) is 18.9. The lowest BCUT2D eigenvalue weighted by molar-refractivity contribution is -0.400. The van der Waals surface area contributed by atoms with Gasteiger partial charge in [0.05, 0.1) is 4.92 Å². The zero-order valence-corrected chi connectivity index (χ0v) is 14.1. The largest absolute Gasteiger partial charge is 0.298 e. The van der Waals surface area contributed by atoms with Gasteiger partial charge in [-0.3, -0.25) is 14.9 Å². The van der Waals surface area contributed by atoms with E-state index >= 15 is 0 Å². The monoisotopic (exact) mass is 351 g/mol. The van der Waals surface area contributed by atoms with Crippen molar-refractivity contribution in [2.24, 2.45) is 0 Å². The summed E-state index contributed by atoms with van der Waals surface area (Å²) in [5.41, 5.74) is 3.35. The predicted molar refractivity (Wildman–Crippen MR) is 93.8 cm³/mol. The van der Waals surface area contributed by atoms with Crippen molar-refractivity contribution in [1.82, 2.24) is 0 Å². The van der Waals surface area contributed by atoms with Gasteiger partial charge in [-0.25, -0.2) is 0 Å². The Labute approximate surface area is 144 Å². The standard InChI is InChI=1S/C9H8ClNO2.C8H7ClO/c1-7-6-9(10)3-2-8(7)4-5-11(12)13;1-6-4-8(9)3-2-7(6)5-10/h2-6H,1H3;2-5H,1H3. The molecule has 0 heterocycles. The molecule has 0 aliphatic carbocycles. The van der Waals surface area contributed by atoms with Gasteiger partial charge in [-0.1, -0.05) is 29.3 Å². The van der Waals surface area contributed by atoms with Gasteiger partial charge >= 0.3 is 0 Å². The molecule has 0 radical (unpaired) electrons. The van der Waals surface area contributed by atoms with Gasteiger partial charge in [0.2, 0.25) is 6.20 Å². The van der Waals surface area contributed by atoms with Gasteiger partial charge in [0, 0.05) is 21.7 Å². The number of benzene rings is 2. The van der Waals surface area contributed by atoms with Crippen molar-refractivity contribution in [3.63, 3.8) is 0 Å². The summed E-state index contributed by atoms with van der Waals surface area (Å²) in [5.74, 6) is 0. The van der Waals surface area contributed by atoms with Gasteiger partial charge in [-0.15, -0.1) is 0 Å². The van der Waals surface area contributed by atoms with E-state index in [0.717, 1.165) is 29.2 Å². The summed E-state index contributed by atoms with van der Waals surface area (Å²) in [7, 11) is 0. The van der Waals surface area contributed by atoms with Crippen molar-refractivity contribution in [3.8, 4) is 0 Å². The molecule has 0 atom stereocenters. The molecule has 2 aromatic carbocycles. The van der Waals surface area contributed by atoms with Crippen molar-refractivity contribution in [2.75, 3.05) is 0 Å². The fourth-order valence-electron chi connectivity index (χ4n) is 1.74. The number of hydrogen-bond acceptors (Lipinski definition) is 3. The minimum atomic E-state index is -0.492. The smallest absolute Gasteiger partial charge is 0.235 e. The molecule has 2 aromatic rings. The number of nitro groups is 1. The van der Waals surface area contributed by atoms with E-state index in [9.17, 15) is 14.9 Å². The van der Waals surface area contributed by atoms with E-state index in [1.165, 1.54) is 6.08 Å². The van der Waals surface area contributed by atoms with E-state index in [-0.39, 0.29) is 0 Å². The summed E-state index contributed by atoms with van der Waals surface area (Å²) < 4.78 is 0. The molecule has 0 amide bonds. The maximum absolute atomic E-state index is 10.3. The summed E-state index contributed by atoms with van der Waals surface area (Å²) in [4.78, 5) is 19.8. The van der Waals surface area contributed by atoms with Crippen molar-refractivity contribution in [2.45, 2.75) is 13.8 Å². The highest BCUT2D eigenvalue weighted by Gasteiger charge is 1.97. The highest BCUT2D eigenvalue weighted by atomic mass is 35.5. The minimum absolute atomic E-state index is 0.492. The van der Waals surface area contributed by atoms with E-state index in [0.29, 0.717) is 15.6 Å². The first-order valence-electron chi connectivity index (χ1n) is 6.62. The lowest BCUT2D eigenvalue weighted by atomic mass is 10.1. The Morgan fingerprint density at radius 2 is 1.43 bits per heavy atom. The van der Waals surface area contributed by atoms with Crippen LogP contribution in [0.1, 0.15) is 27.0 Å². The van der Waals surface area contributed by atoms with E-state index in [2.05, 4.69) is 0 Å². The predicted octanol–water partition coefficient (Wildman–Crippen LogP) is 5.36. The first-order valence-corrected chi connectivity index (χ1v) is 7.38. The molecule has 0 spiro atoms. The lowest BCUT2D eigenvalue weighted by Gasteiger charge is -1.98. The van der Waals surface area contributed by atoms with Crippen LogP contribution in [-0.4, -0.2) is 11.2 Å². The summed E-state index contributed by atoms with van der Waals surface area (Å²) in [5, 5.41) is 11.3. The average molecular weight is 352 g/mol. The Balaban J connectivity index is 0.000000238. The molecular weight excluding hydrogens is 337 g/mol. The third kappa shape index (κ3) is 6.63. The molecule has 0 aromatic heterocycles. The van der Waals surface area contributed by atoms with Crippen LogP contribution in [0.25, 0.3) is 6.08 Å². The van der Waals surface area contributed by atoms with Crippen LogP contribution in [0, 0.1) is 24.0 Å². The molecule has 0 saturated carbocycles. The highest BCUT2D eigenvalue weighted by molar-refractivity contribution is 6.31. The number of aldehydes is 1. The van der Waals surface area contributed by atoms with Crippen molar-refractivity contribution >= 4 is 35.6 Å². The average Bonchev–Trinajstić information content (AvgIpc) is 2.47. The van der Waals surface area contributed by atoms with Crippen LogP contribution in [0.3, 0.4) is 0 Å². The lowest BCUT2D eigenvalue weighted by Crippen LogP contribution is -1.84. The quantitative estimate of drug-likeness (QED) is 0.425. The Bertz CT molecular complexity index is 743. The normalized spacial score (nSPS) is 10.1. The Kier molecular flexibility index (Phi) is 7.45. The maximum Gasteiger partial charge on any atom is 0.235 e. The van der Waals surface area contributed by atoms with Gasteiger partial charge in [0.1, 0.15) is 6.29 Å². The van der Waals surface area contributed by atoms with E-state index in [1.54, 1.807) is 36.4 Å². The van der Waals surface area contributed by atoms with Crippen LogP contribution in [0.4, 0.5) is 0 Å². The SMILES string of the molecule is Cc1cc(Cl)ccc1C=C[N+](=O)[O-].Cc1cc(Cl)ccc1C=O. The molecule has 0 saturated heterocycles. The van der Waals surface area contributed by atoms with Crippen LogP contribution >= 0.6 is 23.2 Å². The number of carbonyl (C=O) groups is 1. The molecule has 120 valence electrons. The molecule has 0 N–H and O–H groups in total. The summed E-state index contributed by atoms with van der Waals surface area (Å²) in [6.45, 7) is 3.71. The van der Waals surface area contributed by atoms with Gasteiger partial charge in [-0.05, 0) is 60.9 Å². The van der Waals surface area contributed by atoms with Crippen molar-refractivity contribution in [3.05, 3.63) is 85.0 Å². The van der Waals surface area contributed by atoms with Crippen molar-refractivity contribution in [1.29, 1.82) is 0 Å². The van der Waals surface area contributed by atoms with Crippen LogP contribution in [-0.2, 0) is 0 Å². The van der Waals surface area contributed by atoms with E-state index in [4.69, 9.17) is 23.2 Å². The Morgan fingerprint density at radius 3 is 1.83 bits per heavy atom. The second-order valence-electron chi connectivity index (χ2n) is 4.72. The van der Waals surface area contributed by atoms with Crippen LogP contribution in [0.2, 0.25) is 10.0 Å². The Morgan fingerprint density at radius 1 is 0.957 bits per heavy atom. The molecule has 0 fully saturated rings. The third-order valence-electron chi connectivity index (χ3n) is 2.97. The topological polar surface area (TPSA) is 60.2 Å². The number of aryl methyl sites for hydroxylation is 2. The molecule has 0 aliphatic heterocycles. The molecular formula is C17H15Cl2NO3. The third-order valence-corrected chi connectivity index (χ3v) is 3.44. The van der Waals surface area contributed by atoms with Crippen LogP contribution in [0.5, 0.6) is 0 Å². The number of nitrogens with zero attached hydrogens (tertiary/aromatic N) is 1. The van der Waals surface area contributed by atoms with Crippen LogP contribution in [0.15, 0.2) is 42.6 Å². The number of rotatable bonds is 3. The highest BCUT2D eigenvalue weighted by Crippen LogP contribution is 2.16. The second-order valence-corrected chi connectivity index (χ2v) is 5.59. The molecule has 2 rings (SSSR count). The summed E-state index contributed by atoms with van der Waals surface area (Å²) in [6.07, 6.45) is 3.19. The first-order chi connectivity index (χ1) is 10.8. The molecule has 4 nitrogen and oxygen atoms in total. The summed E-state index contributed by atoms with van der Waals surface area (Å²) in [6, 6.07) is 10.4. The van der Waals surface area contributed by atoms with E-state index in [1.807, 2.05) is 13.8 Å². The Hall–Kier alpha value is -2.17. The fourth-order valence-corrected chi connectivity index (χ4v) is 2.19. The van der Waals surface area contributed by atoms with Gasteiger partial charge in [0.25, 0.3) is 0 Å². The van der Waals surface area contributed by atoms with Gasteiger partial charge < -0.3 is 0 Å². The number of hydrogen-bond donors (Lipinski definition) is 0. The molecule has 0 aliphatic rings. The number of halogens is 2. The molecule has 0 unspecified atom stereocenters. The van der Waals surface area contributed by atoms with Gasteiger partial charge in [0.15, 0.2) is 0 Å². The second kappa shape index (κ2) is 9.08. The maximum atomic E-state index is 10.3. The zero-order valence-electron chi connectivity index (χ0n) is 12.6. The van der Waals surface area contributed by atoms with Crippen molar-refractivity contribution < 1.29 is 9.72 Å². The zero-order chi connectivity index (χ0) is 17.4. The fraction of sp³-hybridized carbons (Fsp3) is 0.118. The minimum Gasteiger partial charge on any atom is -0.298 e. The molecule has 6 heteroatoms. The summed E-state index contributed by atoms with van der Waals surface area (Å²) >= 11 is 11.4. The van der Waals surface area contributed by atoms with Crippen LogP contribution < -0.4 is 0 Å². The number of carbonyl (C=O) groups excluding carboxylic acids is 1.